The van der Waals surface area contributed by atoms with Gasteiger partial charge in [-0.1, -0.05) is 6.92 Å². The van der Waals surface area contributed by atoms with Crippen LogP contribution in [0.2, 0.25) is 0 Å². The molecule has 0 aromatic heterocycles. The molecule has 94 valence electrons. The summed E-state index contributed by atoms with van der Waals surface area (Å²) in [6.45, 7) is 1.79. The van der Waals surface area contributed by atoms with Crippen LogP contribution in [0.25, 0.3) is 0 Å². The predicted octanol–water partition coefficient (Wildman–Crippen LogP) is -0.352. The summed E-state index contributed by atoms with van der Waals surface area (Å²) in [5, 5.41) is 11.0. The molecule has 0 bridgehead atoms. The van der Waals surface area contributed by atoms with E-state index < -0.39 is 21.7 Å². The summed E-state index contributed by atoms with van der Waals surface area (Å²) >= 11 is 0. The van der Waals surface area contributed by atoms with Crippen molar-refractivity contribution >= 4 is 21.7 Å². The summed E-state index contributed by atoms with van der Waals surface area (Å²) in [5.41, 5.74) is 0. The third-order valence-corrected chi connectivity index (χ3v) is 2.97. The molecule has 6 nitrogen and oxygen atoms in total. The lowest BCUT2D eigenvalue weighted by Crippen LogP contribution is -2.28. The van der Waals surface area contributed by atoms with Crippen molar-refractivity contribution < 1.29 is 23.1 Å². The average Bonchev–Trinajstić information content (AvgIpc) is 2.13. The van der Waals surface area contributed by atoms with E-state index in [-0.39, 0.29) is 24.6 Å². The first-order chi connectivity index (χ1) is 7.22. The molecule has 7 heteroatoms. The lowest BCUT2D eigenvalue weighted by atomic mass is 10.1. The minimum Gasteiger partial charge on any atom is -0.481 e. The van der Waals surface area contributed by atoms with Crippen LogP contribution in [0.4, 0.5) is 0 Å². The molecule has 2 N–H and O–H groups in total. The largest absolute Gasteiger partial charge is 0.481 e. The monoisotopic (exact) mass is 251 g/mol. The molecule has 0 aliphatic heterocycles. The van der Waals surface area contributed by atoms with Gasteiger partial charge in [-0.15, -0.1) is 0 Å². The maximum absolute atomic E-state index is 11.1. The highest BCUT2D eigenvalue weighted by molar-refractivity contribution is 7.90. The zero-order valence-corrected chi connectivity index (χ0v) is 10.2. The number of sulfone groups is 1. The standard InChI is InChI=1S/C9H17NO5S/c1-7(9(12)13)3-5-10-8(11)4-6-16(2,14)15/h7H,3-6H2,1-2H3,(H,10,11)(H,12,13). The fraction of sp³-hybridized carbons (Fsp3) is 0.778. The van der Waals surface area contributed by atoms with Crippen molar-refractivity contribution in [2.24, 2.45) is 5.92 Å². The molecule has 0 aromatic carbocycles. The summed E-state index contributed by atoms with van der Waals surface area (Å²) in [5.74, 6) is -1.99. The molecule has 0 heterocycles. The van der Waals surface area contributed by atoms with Crippen molar-refractivity contribution in [3.05, 3.63) is 0 Å². The highest BCUT2D eigenvalue weighted by Gasteiger charge is 2.11. The van der Waals surface area contributed by atoms with E-state index in [1.807, 2.05) is 0 Å². The van der Waals surface area contributed by atoms with Gasteiger partial charge in [0.2, 0.25) is 5.91 Å². The molecule has 0 saturated carbocycles. The van der Waals surface area contributed by atoms with Crippen LogP contribution in [0, 0.1) is 5.92 Å². The SMILES string of the molecule is CC(CCNC(=O)CCS(C)(=O)=O)C(=O)O. The molecule has 0 rings (SSSR count). The van der Waals surface area contributed by atoms with Crippen LogP contribution in [-0.4, -0.2) is 44.0 Å². The number of carbonyl (C=O) groups excluding carboxylic acids is 1. The van der Waals surface area contributed by atoms with Gasteiger partial charge >= 0.3 is 5.97 Å². The fourth-order valence-electron chi connectivity index (χ4n) is 0.918. The second-order valence-electron chi connectivity index (χ2n) is 3.76. The lowest BCUT2D eigenvalue weighted by molar-refractivity contribution is -0.141. The maximum Gasteiger partial charge on any atom is 0.306 e. The quantitative estimate of drug-likeness (QED) is 0.644. The fourth-order valence-corrected chi connectivity index (χ4v) is 1.47. The van der Waals surface area contributed by atoms with Crippen molar-refractivity contribution in [2.45, 2.75) is 19.8 Å². The van der Waals surface area contributed by atoms with E-state index in [2.05, 4.69) is 5.32 Å². The summed E-state index contributed by atoms with van der Waals surface area (Å²) in [6.07, 6.45) is 1.31. The predicted molar refractivity (Wildman–Crippen MR) is 58.8 cm³/mol. The number of carboxylic acid groups (broad SMARTS) is 1. The Hall–Kier alpha value is -1.11. The Morgan fingerprint density at radius 2 is 1.94 bits per heavy atom. The lowest BCUT2D eigenvalue weighted by Gasteiger charge is -2.07. The Balaban J connectivity index is 3.71. The van der Waals surface area contributed by atoms with E-state index in [0.717, 1.165) is 6.26 Å². The topological polar surface area (TPSA) is 101 Å². The molecule has 16 heavy (non-hydrogen) atoms. The van der Waals surface area contributed by atoms with Crippen molar-refractivity contribution in [3.8, 4) is 0 Å². The molecule has 0 aliphatic carbocycles. The van der Waals surface area contributed by atoms with Gasteiger partial charge in [-0.2, -0.15) is 0 Å². The minimum atomic E-state index is -3.13. The number of hydrogen-bond acceptors (Lipinski definition) is 4. The van der Waals surface area contributed by atoms with E-state index in [1.54, 1.807) is 6.92 Å². The Labute approximate surface area is 95.0 Å². The van der Waals surface area contributed by atoms with Crippen LogP contribution in [0.5, 0.6) is 0 Å². The first-order valence-electron chi connectivity index (χ1n) is 4.89. The third-order valence-electron chi connectivity index (χ3n) is 2.02. The number of amides is 1. The van der Waals surface area contributed by atoms with Crippen LogP contribution in [-0.2, 0) is 19.4 Å². The van der Waals surface area contributed by atoms with Crippen LogP contribution in [0.15, 0.2) is 0 Å². The normalized spacial score (nSPS) is 13.1. The molecule has 1 amide bonds. The summed E-state index contributed by atoms with van der Waals surface area (Å²) in [4.78, 5) is 21.6. The molecule has 0 aromatic rings. The van der Waals surface area contributed by atoms with Crippen molar-refractivity contribution in [1.82, 2.24) is 5.32 Å². The van der Waals surface area contributed by atoms with Gasteiger partial charge in [-0.25, -0.2) is 8.42 Å². The molecule has 0 fully saturated rings. The van der Waals surface area contributed by atoms with E-state index in [4.69, 9.17) is 5.11 Å². The van der Waals surface area contributed by atoms with Gasteiger partial charge in [0.05, 0.1) is 11.7 Å². The highest BCUT2D eigenvalue weighted by atomic mass is 32.2. The Morgan fingerprint density at radius 3 is 2.38 bits per heavy atom. The average molecular weight is 251 g/mol. The van der Waals surface area contributed by atoms with Crippen LogP contribution >= 0.6 is 0 Å². The van der Waals surface area contributed by atoms with Gasteiger partial charge in [0, 0.05) is 19.2 Å². The van der Waals surface area contributed by atoms with Gasteiger partial charge in [-0.3, -0.25) is 9.59 Å². The van der Waals surface area contributed by atoms with E-state index >= 15 is 0 Å². The minimum absolute atomic E-state index is 0.0830. The Morgan fingerprint density at radius 1 is 1.38 bits per heavy atom. The van der Waals surface area contributed by atoms with Crippen molar-refractivity contribution in [1.29, 1.82) is 0 Å². The van der Waals surface area contributed by atoms with Gasteiger partial charge in [0.25, 0.3) is 0 Å². The second kappa shape index (κ2) is 6.47. The van der Waals surface area contributed by atoms with Gasteiger partial charge in [0.1, 0.15) is 9.84 Å². The second-order valence-corrected chi connectivity index (χ2v) is 6.02. The van der Waals surface area contributed by atoms with E-state index in [0.29, 0.717) is 6.42 Å². The zero-order chi connectivity index (χ0) is 12.8. The smallest absolute Gasteiger partial charge is 0.306 e. The van der Waals surface area contributed by atoms with Gasteiger partial charge < -0.3 is 10.4 Å². The number of aliphatic carboxylic acids is 1. The molecule has 1 atom stereocenters. The third kappa shape index (κ3) is 8.22. The maximum atomic E-state index is 11.1. The van der Waals surface area contributed by atoms with Gasteiger partial charge in [-0.05, 0) is 6.42 Å². The Bertz CT molecular complexity index is 349. The Kier molecular flexibility index (Phi) is 6.02. The number of nitrogens with one attached hydrogen (secondary N) is 1. The van der Waals surface area contributed by atoms with Crippen molar-refractivity contribution in [2.75, 3.05) is 18.6 Å². The van der Waals surface area contributed by atoms with Crippen LogP contribution in [0.3, 0.4) is 0 Å². The number of carboxylic acids is 1. The molecular weight excluding hydrogens is 234 g/mol. The number of hydrogen-bond donors (Lipinski definition) is 2. The first-order valence-corrected chi connectivity index (χ1v) is 6.95. The first kappa shape index (κ1) is 14.9. The molecule has 0 radical (unpaired) electrons. The van der Waals surface area contributed by atoms with E-state index in [1.165, 1.54) is 0 Å². The summed E-state index contributed by atoms with van der Waals surface area (Å²) in [6, 6.07) is 0. The summed E-state index contributed by atoms with van der Waals surface area (Å²) < 4.78 is 21.5. The number of carbonyl (C=O) groups is 2. The van der Waals surface area contributed by atoms with E-state index in [9.17, 15) is 18.0 Å². The van der Waals surface area contributed by atoms with Gasteiger partial charge in [0.15, 0.2) is 0 Å². The molecule has 0 aliphatic rings. The summed E-state index contributed by atoms with van der Waals surface area (Å²) in [7, 11) is -3.13. The van der Waals surface area contributed by atoms with Crippen LogP contribution in [0.1, 0.15) is 19.8 Å². The zero-order valence-electron chi connectivity index (χ0n) is 9.39. The molecular formula is C9H17NO5S. The molecule has 0 spiro atoms. The van der Waals surface area contributed by atoms with Crippen molar-refractivity contribution in [3.63, 3.8) is 0 Å². The molecule has 0 saturated heterocycles. The highest BCUT2D eigenvalue weighted by Crippen LogP contribution is 1.99. The number of rotatable bonds is 7. The molecule has 1 unspecified atom stereocenters. The van der Waals surface area contributed by atoms with Crippen LogP contribution < -0.4 is 5.32 Å².